The van der Waals surface area contributed by atoms with Crippen molar-refractivity contribution in [1.29, 1.82) is 0 Å². The van der Waals surface area contributed by atoms with E-state index in [0.717, 1.165) is 4.47 Å². The average Bonchev–Trinajstić information content (AvgIpc) is 3.23. The van der Waals surface area contributed by atoms with Gasteiger partial charge in [0, 0.05) is 16.6 Å². The van der Waals surface area contributed by atoms with Crippen molar-refractivity contribution in [2.24, 2.45) is 5.10 Å². The van der Waals surface area contributed by atoms with Crippen molar-refractivity contribution in [3.8, 4) is 11.6 Å². The molecule has 0 saturated heterocycles. The monoisotopic (exact) mass is 449 g/mol. The molecule has 0 radical (unpaired) electrons. The van der Waals surface area contributed by atoms with Crippen LogP contribution in [0.2, 0.25) is 0 Å². The molecule has 28 heavy (non-hydrogen) atoms. The van der Waals surface area contributed by atoms with Gasteiger partial charge in [-0.2, -0.15) is 9.78 Å². The number of hydrogen-bond donors (Lipinski definition) is 3. The first kappa shape index (κ1) is 19.4. The maximum atomic E-state index is 12.5. The molecule has 0 spiro atoms. The second kappa shape index (κ2) is 8.14. The van der Waals surface area contributed by atoms with Crippen molar-refractivity contribution < 1.29 is 14.5 Å². The van der Waals surface area contributed by atoms with Crippen molar-refractivity contribution in [3.05, 3.63) is 39.6 Å². The maximum Gasteiger partial charge on any atom is 0.293 e. The van der Waals surface area contributed by atoms with Gasteiger partial charge in [0.1, 0.15) is 5.75 Å². The summed E-state index contributed by atoms with van der Waals surface area (Å²) in [5.74, 6) is -0.427. The normalized spacial score (nSPS) is 11.4. The summed E-state index contributed by atoms with van der Waals surface area (Å²) in [4.78, 5) is 14.4. The molecule has 3 rings (SSSR count). The minimum Gasteiger partial charge on any atom is -0.507 e. The Labute approximate surface area is 167 Å². The number of aromatic hydroxyl groups is 1. The van der Waals surface area contributed by atoms with Gasteiger partial charge < -0.3 is 15.7 Å². The van der Waals surface area contributed by atoms with E-state index >= 15 is 0 Å². The standard InChI is InChI=1S/C15H16BrN9O3/c1-24(2)7-10-12(19-23-25(10)14-13(17)21-28-22-14)15(27)20-18-6-8-5-9(16)3-4-11(8)26/h3-6,26H,7H2,1-2H3,(H2,17,21)(H,20,27)/b18-6+. The summed E-state index contributed by atoms with van der Waals surface area (Å²) >= 11 is 3.30. The number of anilines is 1. The van der Waals surface area contributed by atoms with Crippen LogP contribution < -0.4 is 11.2 Å². The molecule has 0 saturated carbocycles. The molecule has 146 valence electrons. The van der Waals surface area contributed by atoms with Gasteiger partial charge in [0.25, 0.3) is 5.91 Å². The van der Waals surface area contributed by atoms with Gasteiger partial charge in [0.15, 0.2) is 5.69 Å². The third-order valence-corrected chi connectivity index (χ3v) is 3.99. The highest BCUT2D eigenvalue weighted by Gasteiger charge is 2.24. The molecule has 0 fully saturated rings. The van der Waals surface area contributed by atoms with Gasteiger partial charge in [0.05, 0.1) is 11.9 Å². The number of carbonyl (C=O) groups is 1. The van der Waals surface area contributed by atoms with Crippen molar-refractivity contribution >= 4 is 33.9 Å². The van der Waals surface area contributed by atoms with Gasteiger partial charge in [-0.3, -0.25) is 4.79 Å². The van der Waals surface area contributed by atoms with Crippen molar-refractivity contribution in [1.82, 2.24) is 35.6 Å². The van der Waals surface area contributed by atoms with Gasteiger partial charge in [-0.25, -0.2) is 10.1 Å². The molecule has 0 aliphatic heterocycles. The Morgan fingerprint density at radius 3 is 2.93 bits per heavy atom. The van der Waals surface area contributed by atoms with Crippen LogP contribution in [0.5, 0.6) is 5.75 Å². The largest absolute Gasteiger partial charge is 0.507 e. The summed E-state index contributed by atoms with van der Waals surface area (Å²) < 4.78 is 6.63. The van der Waals surface area contributed by atoms with Gasteiger partial charge in [-0.15, -0.1) is 5.10 Å². The first-order valence-electron chi connectivity index (χ1n) is 7.86. The number of nitrogens with one attached hydrogen (secondary N) is 1. The second-order valence-electron chi connectivity index (χ2n) is 5.91. The number of amides is 1. The number of nitrogens with zero attached hydrogens (tertiary/aromatic N) is 7. The Morgan fingerprint density at radius 2 is 2.25 bits per heavy atom. The minimum absolute atomic E-state index is 0.0139. The number of halogens is 1. The molecular formula is C15H16BrN9O3. The van der Waals surface area contributed by atoms with E-state index < -0.39 is 5.91 Å². The van der Waals surface area contributed by atoms with E-state index in [9.17, 15) is 9.90 Å². The summed E-state index contributed by atoms with van der Waals surface area (Å²) in [6.07, 6.45) is 1.31. The van der Waals surface area contributed by atoms with Gasteiger partial charge >= 0.3 is 0 Å². The quantitative estimate of drug-likeness (QED) is 0.359. The van der Waals surface area contributed by atoms with Crippen LogP contribution in [-0.2, 0) is 6.54 Å². The summed E-state index contributed by atoms with van der Waals surface area (Å²) in [7, 11) is 3.63. The molecule has 0 unspecified atom stereocenters. The number of phenolic OH excluding ortho intramolecular Hbond substituents is 1. The third kappa shape index (κ3) is 4.15. The fourth-order valence-electron chi connectivity index (χ4n) is 2.27. The van der Waals surface area contributed by atoms with E-state index in [0.29, 0.717) is 17.8 Å². The number of phenols is 1. The first-order valence-corrected chi connectivity index (χ1v) is 8.65. The first-order chi connectivity index (χ1) is 13.4. The summed E-state index contributed by atoms with van der Waals surface area (Å²) in [6.45, 7) is 0.318. The fraction of sp³-hybridized carbons (Fsp3) is 0.200. The lowest BCUT2D eigenvalue weighted by Crippen LogP contribution is -2.23. The lowest BCUT2D eigenvalue weighted by molar-refractivity contribution is 0.0948. The molecule has 13 heteroatoms. The van der Waals surface area contributed by atoms with Crippen LogP contribution in [0.25, 0.3) is 5.82 Å². The number of carbonyl (C=O) groups excluding carboxylic acids is 1. The van der Waals surface area contributed by atoms with E-state index in [1.54, 1.807) is 12.1 Å². The molecule has 0 atom stereocenters. The minimum atomic E-state index is -0.594. The molecule has 4 N–H and O–H groups in total. The molecule has 0 bridgehead atoms. The number of benzene rings is 1. The molecule has 0 aliphatic rings. The van der Waals surface area contributed by atoms with Crippen molar-refractivity contribution in [2.75, 3.05) is 19.8 Å². The molecule has 3 aromatic rings. The van der Waals surface area contributed by atoms with Crippen LogP contribution in [0.4, 0.5) is 5.82 Å². The molecule has 2 heterocycles. The van der Waals surface area contributed by atoms with Crippen LogP contribution in [0, 0.1) is 0 Å². The summed E-state index contributed by atoms with van der Waals surface area (Å²) in [6, 6.07) is 4.84. The number of aromatic nitrogens is 5. The Kier molecular flexibility index (Phi) is 5.65. The van der Waals surface area contributed by atoms with E-state index in [4.69, 9.17) is 5.73 Å². The van der Waals surface area contributed by atoms with Crippen LogP contribution in [0.3, 0.4) is 0 Å². The van der Waals surface area contributed by atoms with Crippen molar-refractivity contribution in [2.45, 2.75) is 6.54 Å². The SMILES string of the molecule is CN(C)Cc1c(C(=O)N/N=C/c2cc(Br)ccc2O)nnn1-c1nonc1N. The lowest BCUT2D eigenvalue weighted by atomic mass is 10.2. The molecule has 12 nitrogen and oxygen atoms in total. The Balaban J connectivity index is 1.85. The zero-order valence-electron chi connectivity index (χ0n) is 14.9. The van der Waals surface area contributed by atoms with Gasteiger partial charge in [-0.1, -0.05) is 21.1 Å². The number of nitrogen functional groups attached to an aromatic ring is 1. The second-order valence-corrected chi connectivity index (χ2v) is 6.83. The topological polar surface area (TPSA) is 161 Å². The van der Waals surface area contributed by atoms with Crippen LogP contribution >= 0.6 is 15.9 Å². The molecular weight excluding hydrogens is 434 g/mol. The van der Waals surface area contributed by atoms with E-state index in [1.165, 1.54) is 17.0 Å². The number of hydrazone groups is 1. The zero-order chi connectivity index (χ0) is 20.3. The Bertz CT molecular complexity index is 1030. The lowest BCUT2D eigenvalue weighted by Gasteiger charge is -2.11. The van der Waals surface area contributed by atoms with Crippen molar-refractivity contribution in [3.63, 3.8) is 0 Å². The number of hydrogen-bond acceptors (Lipinski definition) is 10. The smallest absolute Gasteiger partial charge is 0.293 e. The van der Waals surface area contributed by atoms with Gasteiger partial charge in [0.2, 0.25) is 11.6 Å². The van der Waals surface area contributed by atoms with E-state index in [1.807, 2.05) is 19.0 Å². The van der Waals surface area contributed by atoms with Crippen LogP contribution in [0.1, 0.15) is 21.7 Å². The van der Waals surface area contributed by atoms with E-state index in [2.05, 4.69) is 51.7 Å². The molecule has 0 aliphatic carbocycles. The van der Waals surface area contributed by atoms with Crippen LogP contribution in [-0.4, -0.2) is 61.5 Å². The predicted molar refractivity (Wildman–Crippen MR) is 102 cm³/mol. The zero-order valence-corrected chi connectivity index (χ0v) is 16.5. The predicted octanol–water partition coefficient (Wildman–Crippen LogP) is 0.526. The molecule has 1 aromatic carbocycles. The van der Waals surface area contributed by atoms with Crippen LogP contribution in [0.15, 0.2) is 32.4 Å². The number of nitrogens with two attached hydrogens (primary N) is 1. The highest BCUT2D eigenvalue weighted by molar-refractivity contribution is 9.10. The average molecular weight is 450 g/mol. The van der Waals surface area contributed by atoms with E-state index in [-0.39, 0.29) is 23.1 Å². The van der Waals surface area contributed by atoms with Gasteiger partial charge in [-0.05, 0) is 42.6 Å². The Morgan fingerprint density at radius 1 is 1.46 bits per heavy atom. The Hall–Kier alpha value is -3.32. The highest BCUT2D eigenvalue weighted by Crippen LogP contribution is 2.20. The molecule has 2 aromatic heterocycles. The number of rotatable bonds is 6. The highest BCUT2D eigenvalue weighted by atomic mass is 79.9. The summed E-state index contributed by atoms with van der Waals surface area (Å²) in [5, 5.41) is 28.7. The summed E-state index contributed by atoms with van der Waals surface area (Å²) in [5.41, 5.74) is 8.95. The molecule has 1 amide bonds. The third-order valence-electron chi connectivity index (χ3n) is 3.50. The maximum absolute atomic E-state index is 12.5. The fourth-order valence-corrected chi connectivity index (χ4v) is 2.65.